The van der Waals surface area contributed by atoms with E-state index in [2.05, 4.69) is 15.2 Å². The van der Waals surface area contributed by atoms with Crippen molar-refractivity contribution in [3.05, 3.63) is 17.7 Å². The average Bonchev–Trinajstić information content (AvgIpc) is 2.82. The van der Waals surface area contributed by atoms with E-state index in [1.165, 1.54) is 11.4 Å². The van der Waals surface area contributed by atoms with Crippen LogP contribution in [0.4, 0.5) is 0 Å². The van der Waals surface area contributed by atoms with Crippen LogP contribution in [0.1, 0.15) is 24.2 Å². The van der Waals surface area contributed by atoms with Crippen LogP contribution in [0.25, 0.3) is 0 Å². The van der Waals surface area contributed by atoms with Gasteiger partial charge in [0.2, 0.25) is 0 Å². The lowest BCUT2D eigenvalue weighted by Gasteiger charge is -2.41. The molecule has 2 N–H and O–H groups in total. The minimum Gasteiger partial charge on any atom is -0.383 e. The van der Waals surface area contributed by atoms with Crippen LogP contribution < -0.4 is 10.6 Å². The third-order valence-electron chi connectivity index (χ3n) is 4.22. The molecular formula is C13H24Cl2N4O. The number of hydrogen-bond acceptors (Lipinski definition) is 4. The highest BCUT2D eigenvalue weighted by atomic mass is 35.5. The minimum atomic E-state index is 0. The first-order chi connectivity index (χ1) is 8.86. The molecule has 0 radical (unpaired) electrons. The minimum absolute atomic E-state index is 0. The number of methoxy groups -OCH3 is 1. The van der Waals surface area contributed by atoms with E-state index in [1.807, 2.05) is 6.33 Å². The number of imidazole rings is 1. The van der Waals surface area contributed by atoms with Gasteiger partial charge in [0.15, 0.2) is 0 Å². The van der Waals surface area contributed by atoms with Gasteiger partial charge in [0.1, 0.15) is 0 Å². The Morgan fingerprint density at radius 2 is 2.05 bits per heavy atom. The molecule has 116 valence electrons. The van der Waals surface area contributed by atoms with E-state index < -0.39 is 0 Å². The number of nitrogens with one attached hydrogen (secondary N) is 2. The van der Waals surface area contributed by atoms with Gasteiger partial charge in [-0.05, 0) is 25.9 Å². The van der Waals surface area contributed by atoms with Crippen LogP contribution in [-0.4, -0.2) is 42.9 Å². The predicted molar refractivity (Wildman–Crippen MR) is 84.1 cm³/mol. The van der Waals surface area contributed by atoms with Gasteiger partial charge >= 0.3 is 0 Å². The van der Waals surface area contributed by atoms with Gasteiger partial charge in [0, 0.05) is 32.3 Å². The smallest absolute Gasteiger partial charge is 0.0953 e. The van der Waals surface area contributed by atoms with Crippen molar-refractivity contribution in [1.29, 1.82) is 0 Å². The summed E-state index contributed by atoms with van der Waals surface area (Å²) in [6.45, 7) is 4.89. The molecule has 3 rings (SSSR count). The van der Waals surface area contributed by atoms with Crippen LogP contribution in [0.5, 0.6) is 0 Å². The van der Waals surface area contributed by atoms with Crippen molar-refractivity contribution in [3.63, 3.8) is 0 Å². The van der Waals surface area contributed by atoms with Crippen LogP contribution in [0, 0.1) is 0 Å². The summed E-state index contributed by atoms with van der Waals surface area (Å²) in [6, 6.07) is 0. The Kier molecular flexibility index (Phi) is 6.75. The van der Waals surface area contributed by atoms with Crippen molar-refractivity contribution in [2.75, 3.05) is 33.4 Å². The zero-order chi connectivity index (χ0) is 12.4. The summed E-state index contributed by atoms with van der Waals surface area (Å²) in [5.74, 6) is 0. The molecule has 5 nitrogen and oxygen atoms in total. The molecule has 0 aromatic carbocycles. The maximum atomic E-state index is 5.17. The molecule has 0 bridgehead atoms. The molecule has 0 amide bonds. The fourth-order valence-corrected chi connectivity index (χ4v) is 3.22. The van der Waals surface area contributed by atoms with Crippen LogP contribution >= 0.6 is 24.8 Å². The number of rotatable bonds is 3. The van der Waals surface area contributed by atoms with E-state index in [4.69, 9.17) is 9.72 Å². The Morgan fingerprint density at radius 3 is 2.75 bits per heavy atom. The molecule has 0 saturated carbocycles. The second-order valence-electron chi connectivity index (χ2n) is 5.23. The average molecular weight is 323 g/mol. The lowest BCUT2D eigenvalue weighted by Crippen LogP contribution is -2.53. The topological polar surface area (TPSA) is 51.1 Å². The normalized spacial score (nSPS) is 19.9. The molecule has 1 aromatic heterocycles. The predicted octanol–water partition coefficient (Wildman–Crippen LogP) is 1.10. The van der Waals surface area contributed by atoms with Gasteiger partial charge in [-0.2, -0.15) is 0 Å². The van der Waals surface area contributed by atoms with Crippen molar-refractivity contribution in [2.45, 2.75) is 31.3 Å². The number of aromatic nitrogens is 2. The first-order valence-corrected chi connectivity index (χ1v) is 6.85. The van der Waals surface area contributed by atoms with Crippen molar-refractivity contribution < 1.29 is 4.74 Å². The summed E-state index contributed by atoms with van der Waals surface area (Å²) in [4.78, 5) is 4.70. The Bertz CT molecular complexity index is 419. The molecular weight excluding hydrogens is 299 g/mol. The number of halogens is 2. The Balaban J connectivity index is 0.000001000. The summed E-state index contributed by atoms with van der Waals surface area (Å²) >= 11 is 0. The van der Waals surface area contributed by atoms with Crippen LogP contribution in [0.2, 0.25) is 0 Å². The van der Waals surface area contributed by atoms with E-state index in [1.54, 1.807) is 7.11 Å². The number of fused-ring (bicyclic) bond motifs is 2. The van der Waals surface area contributed by atoms with Crippen molar-refractivity contribution in [2.24, 2.45) is 0 Å². The lowest BCUT2D eigenvalue weighted by molar-refractivity contribution is 0.184. The number of nitrogens with zero attached hydrogens (tertiary/aromatic N) is 2. The quantitative estimate of drug-likeness (QED) is 0.875. The summed E-state index contributed by atoms with van der Waals surface area (Å²) in [7, 11) is 1.75. The molecule has 1 saturated heterocycles. The zero-order valence-corrected chi connectivity index (χ0v) is 13.5. The number of ether oxygens (including phenoxy) is 1. The summed E-state index contributed by atoms with van der Waals surface area (Å²) in [5.41, 5.74) is 2.82. The van der Waals surface area contributed by atoms with E-state index in [0.717, 1.165) is 52.0 Å². The molecule has 1 aromatic rings. The Hall–Kier alpha value is -0.330. The van der Waals surface area contributed by atoms with E-state index in [9.17, 15) is 0 Å². The van der Waals surface area contributed by atoms with Gasteiger partial charge in [-0.15, -0.1) is 24.8 Å². The number of hydrogen-bond donors (Lipinski definition) is 2. The molecule has 0 unspecified atom stereocenters. The molecule has 2 aliphatic rings. The van der Waals surface area contributed by atoms with Crippen LogP contribution in [-0.2, 0) is 23.2 Å². The maximum absolute atomic E-state index is 5.17. The molecule has 0 atom stereocenters. The maximum Gasteiger partial charge on any atom is 0.0953 e. The first-order valence-electron chi connectivity index (χ1n) is 6.85. The van der Waals surface area contributed by atoms with E-state index in [-0.39, 0.29) is 30.4 Å². The van der Waals surface area contributed by atoms with Gasteiger partial charge < -0.3 is 19.9 Å². The highest BCUT2D eigenvalue weighted by Gasteiger charge is 2.40. The summed E-state index contributed by atoms with van der Waals surface area (Å²) < 4.78 is 7.44. The molecule has 20 heavy (non-hydrogen) atoms. The molecule has 1 spiro atoms. The van der Waals surface area contributed by atoms with Crippen molar-refractivity contribution in [1.82, 2.24) is 20.2 Å². The van der Waals surface area contributed by atoms with Crippen LogP contribution in [0.15, 0.2) is 6.33 Å². The lowest BCUT2D eigenvalue weighted by atomic mass is 9.81. The van der Waals surface area contributed by atoms with Gasteiger partial charge in [-0.1, -0.05) is 0 Å². The molecule has 1 fully saturated rings. The summed E-state index contributed by atoms with van der Waals surface area (Å²) in [5, 5.41) is 7.15. The first kappa shape index (κ1) is 17.7. The number of piperidine rings is 1. The van der Waals surface area contributed by atoms with Gasteiger partial charge in [-0.25, -0.2) is 4.98 Å². The molecule has 0 aliphatic carbocycles. The van der Waals surface area contributed by atoms with Crippen LogP contribution in [0.3, 0.4) is 0 Å². The third-order valence-corrected chi connectivity index (χ3v) is 4.22. The Morgan fingerprint density at radius 1 is 1.30 bits per heavy atom. The van der Waals surface area contributed by atoms with Gasteiger partial charge in [0.05, 0.1) is 24.2 Å². The second-order valence-corrected chi connectivity index (χ2v) is 5.23. The highest BCUT2D eigenvalue weighted by Crippen LogP contribution is 2.34. The molecule has 7 heteroatoms. The monoisotopic (exact) mass is 322 g/mol. The van der Waals surface area contributed by atoms with E-state index in [0.29, 0.717) is 0 Å². The van der Waals surface area contributed by atoms with Crippen molar-refractivity contribution in [3.8, 4) is 0 Å². The third kappa shape index (κ3) is 3.12. The summed E-state index contributed by atoms with van der Waals surface area (Å²) in [6.07, 6.45) is 5.34. The van der Waals surface area contributed by atoms with E-state index >= 15 is 0 Å². The highest BCUT2D eigenvalue weighted by molar-refractivity contribution is 5.85. The standard InChI is InChI=1S/C13H22N4O.2ClH/c1-18-9-8-17-10-15-12-11(17)2-5-16-13(12)3-6-14-7-4-13;;/h10,14,16H,2-9H2,1H3;2*1H. The van der Waals surface area contributed by atoms with Gasteiger partial charge in [0.25, 0.3) is 0 Å². The Labute approximate surface area is 132 Å². The van der Waals surface area contributed by atoms with Gasteiger partial charge in [-0.3, -0.25) is 0 Å². The fourth-order valence-electron chi connectivity index (χ4n) is 3.22. The SMILES string of the molecule is COCCn1cnc2c1CCNC21CCNCC1.Cl.Cl. The fraction of sp³-hybridized carbons (Fsp3) is 0.769. The largest absolute Gasteiger partial charge is 0.383 e. The second kappa shape index (κ2) is 7.61. The zero-order valence-electron chi connectivity index (χ0n) is 11.9. The van der Waals surface area contributed by atoms with Crippen molar-refractivity contribution >= 4 is 24.8 Å². The molecule has 2 aliphatic heterocycles. The molecule has 3 heterocycles.